The van der Waals surface area contributed by atoms with Gasteiger partial charge in [0.1, 0.15) is 24.9 Å². The lowest BCUT2D eigenvalue weighted by molar-refractivity contribution is -0.146. The number of alkyl carbamates (subject to hydrolysis) is 1. The third-order valence-corrected chi connectivity index (χ3v) is 1.42. The van der Waals surface area contributed by atoms with Crippen LogP contribution in [0.25, 0.3) is 0 Å². The molecule has 0 radical (unpaired) electrons. The molecule has 0 fully saturated rings. The highest BCUT2D eigenvalue weighted by molar-refractivity contribution is 5.77. The zero-order valence-corrected chi connectivity index (χ0v) is 10.2. The third-order valence-electron chi connectivity index (χ3n) is 1.42. The molecule has 7 nitrogen and oxygen atoms in total. The van der Waals surface area contributed by atoms with Crippen LogP contribution in [0.5, 0.6) is 0 Å². The zero-order chi connectivity index (χ0) is 13.5. The van der Waals surface area contributed by atoms with Crippen molar-refractivity contribution in [2.45, 2.75) is 32.5 Å². The molecule has 17 heavy (non-hydrogen) atoms. The number of esters is 1. The number of rotatable bonds is 5. The first kappa shape index (κ1) is 15.7. The van der Waals surface area contributed by atoms with Crippen molar-refractivity contribution in [1.29, 1.82) is 0 Å². The van der Waals surface area contributed by atoms with E-state index in [2.05, 4.69) is 10.1 Å². The van der Waals surface area contributed by atoms with Crippen molar-refractivity contribution in [3.05, 3.63) is 0 Å². The molecule has 0 aromatic carbocycles. The van der Waals surface area contributed by atoms with Gasteiger partial charge in [0.05, 0.1) is 6.61 Å². The molecule has 0 aromatic heterocycles. The summed E-state index contributed by atoms with van der Waals surface area (Å²) in [6.45, 7) is 3.93. The van der Waals surface area contributed by atoms with Gasteiger partial charge in [-0.2, -0.15) is 0 Å². The van der Waals surface area contributed by atoms with Crippen LogP contribution in [-0.2, 0) is 14.3 Å². The number of hydrogen-bond acceptors (Lipinski definition) is 6. The van der Waals surface area contributed by atoms with Crippen LogP contribution >= 0.6 is 0 Å². The minimum atomic E-state index is -1.11. The van der Waals surface area contributed by atoms with Gasteiger partial charge in [-0.3, -0.25) is 4.79 Å². The lowest BCUT2D eigenvalue weighted by Crippen LogP contribution is -2.36. The maximum atomic E-state index is 11.1. The van der Waals surface area contributed by atoms with Crippen LogP contribution in [0, 0.1) is 0 Å². The summed E-state index contributed by atoms with van der Waals surface area (Å²) < 4.78 is 9.44. The Bertz CT molecular complexity index is 260. The van der Waals surface area contributed by atoms with Crippen molar-refractivity contribution in [1.82, 2.24) is 5.32 Å². The Kier molecular flexibility index (Phi) is 6.52. The Morgan fingerprint density at radius 2 is 1.94 bits per heavy atom. The van der Waals surface area contributed by atoms with Crippen molar-refractivity contribution < 1.29 is 29.3 Å². The van der Waals surface area contributed by atoms with Gasteiger partial charge < -0.3 is 25.0 Å². The van der Waals surface area contributed by atoms with E-state index in [-0.39, 0.29) is 13.2 Å². The smallest absolute Gasteiger partial charge is 0.408 e. The average molecular weight is 249 g/mol. The zero-order valence-electron chi connectivity index (χ0n) is 10.2. The predicted molar refractivity (Wildman–Crippen MR) is 58.3 cm³/mol. The lowest BCUT2D eigenvalue weighted by Gasteiger charge is -2.19. The Balaban J connectivity index is 3.74. The van der Waals surface area contributed by atoms with E-state index in [1.165, 1.54) is 0 Å². The fraction of sp³-hybridized carbons (Fsp3) is 0.800. The number of ether oxygens (including phenoxy) is 2. The second-order valence-electron chi connectivity index (χ2n) is 4.37. The molecule has 0 bridgehead atoms. The summed E-state index contributed by atoms with van der Waals surface area (Å²) in [5.74, 6) is -0.719. The van der Waals surface area contributed by atoms with E-state index in [0.29, 0.717) is 0 Å². The first-order chi connectivity index (χ1) is 7.74. The predicted octanol–water partition coefficient (Wildman–Crippen LogP) is -0.593. The van der Waals surface area contributed by atoms with Gasteiger partial charge in [-0.25, -0.2) is 4.79 Å². The fourth-order valence-electron chi connectivity index (χ4n) is 0.751. The highest BCUT2D eigenvalue weighted by Gasteiger charge is 2.17. The van der Waals surface area contributed by atoms with Crippen molar-refractivity contribution in [2.24, 2.45) is 0 Å². The van der Waals surface area contributed by atoms with Crippen molar-refractivity contribution in [2.75, 3.05) is 19.8 Å². The standard InChI is InChI=1S/C10H19NO6/c1-10(2,3)17-9(15)11-4-8(14)16-6-7(13)5-12/h7,12-13H,4-6H2,1-3H3,(H,11,15). The minimum absolute atomic E-state index is 0.314. The Labute approximate surface area is 99.7 Å². The second-order valence-corrected chi connectivity index (χ2v) is 4.37. The van der Waals surface area contributed by atoms with E-state index in [9.17, 15) is 9.59 Å². The summed E-state index contributed by atoms with van der Waals surface area (Å²) in [6.07, 6.45) is -1.84. The first-order valence-corrected chi connectivity index (χ1v) is 5.16. The monoisotopic (exact) mass is 249 g/mol. The number of hydrogen-bond donors (Lipinski definition) is 3. The van der Waals surface area contributed by atoms with Crippen LogP contribution in [0.3, 0.4) is 0 Å². The van der Waals surface area contributed by atoms with Crippen LogP contribution in [0.15, 0.2) is 0 Å². The van der Waals surface area contributed by atoms with E-state index in [1.54, 1.807) is 20.8 Å². The number of aliphatic hydroxyl groups is 2. The molecule has 1 amide bonds. The van der Waals surface area contributed by atoms with Gasteiger partial charge in [-0.1, -0.05) is 0 Å². The Morgan fingerprint density at radius 1 is 1.35 bits per heavy atom. The molecule has 0 rings (SSSR count). The molecule has 100 valence electrons. The summed E-state index contributed by atoms with van der Waals surface area (Å²) >= 11 is 0. The molecule has 0 aromatic rings. The van der Waals surface area contributed by atoms with Crippen LogP contribution < -0.4 is 5.32 Å². The van der Waals surface area contributed by atoms with E-state index in [4.69, 9.17) is 14.9 Å². The maximum Gasteiger partial charge on any atom is 0.408 e. The minimum Gasteiger partial charge on any atom is -0.462 e. The van der Waals surface area contributed by atoms with Gasteiger partial charge in [-0.15, -0.1) is 0 Å². The summed E-state index contributed by atoms with van der Waals surface area (Å²) in [5.41, 5.74) is -0.638. The van der Waals surface area contributed by atoms with Gasteiger partial charge in [0, 0.05) is 0 Å². The third kappa shape index (κ3) is 9.58. The van der Waals surface area contributed by atoms with Crippen molar-refractivity contribution >= 4 is 12.1 Å². The van der Waals surface area contributed by atoms with E-state index < -0.39 is 30.4 Å². The molecule has 0 spiro atoms. The summed E-state index contributed by atoms with van der Waals surface area (Å²) in [7, 11) is 0. The average Bonchev–Trinajstić information content (AvgIpc) is 2.20. The highest BCUT2D eigenvalue weighted by atomic mass is 16.6. The molecule has 1 atom stereocenters. The van der Waals surface area contributed by atoms with Crippen LogP contribution in [0.4, 0.5) is 4.79 Å². The summed E-state index contributed by atoms with van der Waals surface area (Å²) in [5, 5.41) is 19.6. The van der Waals surface area contributed by atoms with Gasteiger partial charge >= 0.3 is 12.1 Å². The molecule has 0 aliphatic carbocycles. The highest BCUT2D eigenvalue weighted by Crippen LogP contribution is 2.06. The molecule has 0 heterocycles. The van der Waals surface area contributed by atoms with E-state index in [0.717, 1.165) is 0 Å². The number of carbonyl (C=O) groups excluding carboxylic acids is 2. The first-order valence-electron chi connectivity index (χ1n) is 5.16. The number of amides is 1. The normalized spacial score (nSPS) is 12.8. The molecular weight excluding hydrogens is 230 g/mol. The fourth-order valence-corrected chi connectivity index (χ4v) is 0.751. The molecule has 1 unspecified atom stereocenters. The molecule has 0 aliphatic rings. The lowest BCUT2D eigenvalue weighted by atomic mass is 10.2. The SMILES string of the molecule is CC(C)(C)OC(=O)NCC(=O)OCC(O)CO. The largest absolute Gasteiger partial charge is 0.462 e. The van der Waals surface area contributed by atoms with Crippen molar-refractivity contribution in [3.63, 3.8) is 0 Å². The number of aliphatic hydroxyl groups excluding tert-OH is 2. The topological polar surface area (TPSA) is 105 Å². The summed E-state index contributed by atoms with van der Waals surface area (Å²) in [4.78, 5) is 22.2. The number of carbonyl (C=O) groups is 2. The number of nitrogens with one attached hydrogen (secondary N) is 1. The quantitative estimate of drug-likeness (QED) is 0.562. The molecule has 7 heteroatoms. The Hall–Kier alpha value is -1.34. The molecule has 3 N–H and O–H groups in total. The molecule has 0 saturated heterocycles. The summed E-state index contributed by atoms with van der Waals surface area (Å²) in [6, 6.07) is 0. The maximum absolute atomic E-state index is 11.1. The molecular formula is C10H19NO6. The molecule has 0 aliphatic heterocycles. The van der Waals surface area contributed by atoms with Gasteiger partial charge in [0.25, 0.3) is 0 Å². The van der Waals surface area contributed by atoms with E-state index >= 15 is 0 Å². The van der Waals surface area contributed by atoms with Crippen LogP contribution in [0.1, 0.15) is 20.8 Å². The molecule has 0 saturated carbocycles. The van der Waals surface area contributed by atoms with Crippen molar-refractivity contribution in [3.8, 4) is 0 Å². The van der Waals surface area contributed by atoms with Crippen LogP contribution in [0.2, 0.25) is 0 Å². The van der Waals surface area contributed by atoms with E-state index in [1.807, 2.05) is 0 Å². The second kappa shape index (κ2) is 7.08. The van der Waals surface area contributed by atoms with Gasteiger partial charge in [0.2, 0.25) is 0 Å². The van der Waals surface area contributed by atoms with Gasteiger partial charge in [0.15, 0.2) is 0 Å². The Morgan fingerprint density at radius 3 is 2.41 bits per heavy atom. The van der Waals surface area contributed by atoms with Gasteiger partial charge in [-0.05, 0) is 20.8 Å². The van der Waals surface area contributed by atoms with Crippen LogP contribution in [-0.4, -0.2) is 53.7 Å².